The highest BCUT2D eigenvalue weighted by Gasteiger charge is 2.39. The van der Waals surface area contributed by atoms with E-state index >= 15 is 0 Å². The van der Waals surface area contributed by atoms with Gasteiger partial charge in [-0.2, -0.15) is 0 Å². The first kappa shape index (κ1) is 17.2. The molecule has 2 aliphatic heterocycles. The number of rotatable bonds is 4. The zero-order valence-electron chi connectivity index (χ0n) is 14.1. The van der Waals surface area contributed by atoms with Crippen molar-refractivity contribution in [1.29, 1.82) is 0 Å². The third-order valence-electron chi connectivity index (χ3n) is 4.87. The molecule has 5 nitrogen and oxygen atoms in total. The fourth-order valence-corrected chi connectivity index (χ4v) is 3.37. The Balaban J connectivity index is 1.59. The number of hydrogen-bond acceptors (Lipinski definition) is 4. The molecule has 0 saturated carbocycles. The molecule has 1 unspecified atom stereocenters. The summed E-state index contributed by atoms with van der Waals surface area (Å²) in [7, 11) is 0. The lowest BCUT2D eigenvalue weighted by atomic mass is 9.90. The van der Waals surface area contributed by atoms with Crippen molar-refractivity contribution in [3.05, 3.63) is 30.1 Å². The molecule has 2 aliphatic rings. The number of carbonyl (C=O) groups is 1. The number of hydrogen-bond donors (Lipinski definition) is 1. The number of morpholine rings is 1. The number of likely N-dealkylation sites (tertiary alicyclic amines) is 1. The molecule has 1 atom stereocenters. The summed E-state index contributed by atoms with van der Waals surface area (Å²) in [5.41, 5.74) is -0.136. The van der Waals surface area contributed by atoms with Gasteiger partial charge in [0.15, 0.2) is 17.7 Å². The zero-order chi connectivity index (χ0) is 17.0. The van der Waals surface area contributed by atoms with Gasteiger partial charge in [-0.3, -0.25) is 4.79 Å². The van der Waals surface area contributed by atoms with E-state index in [1.54, 1.807) is 18.2 Å². The van der Waals surface area contributed by atoms with E-state index in [9.17, 15) is 9.18 Å². The van der Waals surface area contributed by atoms with E-state index in [-0.39, 0.29) is 17.3 Å². The van der Waals surface area contributed by atoms with Gasteiger partial charge in [0.05, 0.1) is 12.2 Å². The molecule has 24 heavy (non-hydrogen) atoms. The second-order valence-corrected chi connectivity index (χ2v) is 6.48. The third kappa shape index (κ3) is 3.70. The molecule has 0 aromatic heterocycles. The SMILES string of the molecule is CCC(Oc1ccccc1F)C(=O)N1CCC2(CC1)CNCCO2. The van der Waals surface area contributed by atoms with E-state index < -0.39 is 11.9 Å². The monoisotopic (exact) mass is 336 g/mol. The summed E-state index contributed by atoms with van der Waals surface area (Å²) >= 11 is 0. The Morgan fingerprint density at radius 1 is 1.42 bits per heavy atom. The zero-order valence-corrected chi connectivity index (χ0v) is 14.1. The topological polar surface area (TPSA) is 50.8 Å². The Hall–Kier alpha value is -1.66. The van der Waals surface area contributed by atoms with Crippen LogP contribution in [0.4, 0.5) is 4.39 Å². The first-order chi connectivity index (χ1) is 11.6. The van der Waals surface area contributed by atoms with Crippen molar-refractivity contribution in [3.63, 3.8) is 0 Å². The van der Waals surface area contributed by atoms with Crippen LogP contribution in [0, 0.1) is 5.82 Å². The van der Waals surface area contributed by atoms with Gasteiger partial charge in [0.1, 0.15) is 0 Å². The van der Waals surface area contributed by atoms with Gasteiger partial charge in [-0.25, -0.2) is 4.39 Å². The first-order valence-corrected chi connectivity index (χ1v) is 8.68. The van der Waals surface area contributed by atoms with Crippen LogP contribution in [0.25, 0.3) is 0 Å². The van der Waals surface area contributed by atoms with Crippen molar-refractivity contribution < 1.29 is 18.7 Å². The maximum atomic E-state index is 13.8. The third-order valence-corrected chi connectivity index (χ3v) is 4.87. The van der Waals surface area contributed by atoms with Crippen LogP contribution in [-0.2, 0) is 9.53 Å². The molecule has 132 valence electrons. The van der Waals surface area contributed by atoms with Crippen LogP contribution in [0.3, 0.4) is 0 Å². The number of nitrogens with zero attached hydrogens (tertiary/aromatic N) is 1. The Kier molecular flexibility index (Phi) is 5.36. The van der Waals surface area contributed by atoms with Gasteiger partial charge >= 0.3 is 0 Å². The van der Waals surface area contributed by atoms with Gasteiger partial charge in [0.2, 0.25) is 0 Å². The van der Waals surface area contributed by atoms with E-state index in [0.717, 1.165) is 32.5 Å². The van der Waals surface area contributed by atoms with Crippen LogP contribution in [0.2, 0.25) is 0 Å². The van der Waals surface area contributed by atoms with E-state index in [1.807, 2.05) is 11.8 Å². The van der Waals surface area contributed by atoms with Crippen molar-refractivity contribution in [1.82, 2.24) is 10.2 Å². The smallest absolute Gasteiger partial charge is 0.263 e. The number of amides is 1. The lowest BCUT2D eigenvalue weighted by Crippen LogP contribution is -2.57. The molecule has 0 radical (unpaired) electrons. The van der Waals surface area contributed by atoms with Gasteiger partial charge < -0.3 is 19.7 Å². The minimum Gasteiger partial charge on any atom is -0.478 e. The summed E-state index contributed by atoms with van der Waals surface area (Å²) in [5.74, 6) is -0.381. The van der Waals surface area contributed by atoms with Gasteiger partial charge in [-0.05, 0) is 31.4 Å². The summed E-state index contributed by atoms with van der Waals surface area (Å²) in [6, 6.07) is 6.20. The average molecular weight is 336 g/mol. The van der Waals surface area contributed by atoms with E-state index in [2.05, 4.69) is 5.32 Å². The molecule has 1 N–H and O–H groups in total. The number of piperidine rings is 1. The maximum absolute atomic E-state index is 13.8. The number of halogens is 1. The second kappa shape index (κ2) is 7.49. The van der Waals surface area contributed by atoms with Crippen LogP contribution in [0.1, 0.15) is 26.2 Å². The van der Waals surface area contributed by atoms with Gasteiger partial charge in [0.25, 0.3) is 5.91 Å². The summed E-state index contributed by atoms with van der Waals surface area (Å²) < 4.78 is 25.3. The minimum atomic E-state index is -0.652. The molecule has 2 heterocycles. The normalized spacial score (nSPS) is 21.5. The number of carbonyl (C=O) groups excluding carboxylic acids is 1. The predicted octanol–water partition coefficient (Wildman–Crippen LogP) is 1.96. The van der Waals surface area contributed by atoms with Crippen molar-refractivity contribution in [2.75, 3.05) is 32.8 Å². The highest BCUT2D eigenvalue weighted by molar-refractivity contribution is 5.81. The minimum absolute atomic E-state index is 0.0700. The fourth-order valence-electron chi connectivity index (χ4n) is 3.37. The molecule has 0 bridgehead atoms. The van der Waals surface area contributed by atoms with Crippen molar-refractivity contribution in [2.45, 2.75) is 37.9 Å². The largest absolute Gasteiger partial charge is 0.478 e. The first-order valence-electron chi connectivity index (χ1n) is 8.68. The van der Waals surface area contributed by atoms with Crippen LogP contribution in [0.5, 0.6) is 5.75 Å². The Bertz CT molecular complexity index is 565. The molecule has 1 spiro atoms. The Morgan fingerprint density at radius 2 is 2.17 bits per heavy atom. The molecule has 1 amide bonds. The lowest BCUT2D eigenvalue weighted by molar-refractivity contribution is -0.147. The molecule has 2 saturated heterocycles. The number of ether oxygens (including phenoxy) is 2. The summed E-state index contributed by atoms with van der Waals surface area (Å²) in [6.07, 6.45) is 1.50. The van der Waals surface area contributed by atoms with Crippen LogP contribution >= 0.6 is 0 Å². The molecule has 1 aromatic carbocycles. The maximum Gasteiger partial charge on any atom is 0.263 e. The van der Waals surface area contributed by atoms with Gasteiger partial charge in [-0.15, -0.1) is 0 Å². The van der Waals surface area contributed by atoms with E-state index in [0.29, 0.717) is 19.5 Å². The van der Waals surface area contributed by atoms with E-state index in [1.165, 1.54) is 6.07 Å². The molecule has 3 rings (SSSR count). The highest BCUT2D eigenvalue weighted by Crippen LogP contribution is 2.28. The Morgan fingerprint density at radius 3 is 2.79 bits per heavy atom. The molecular formula is C18H25FN2O3. The van der Waals surface area contributed by atoms with Crippen molar-refractivity contribution >= 4 is 5.91 Å². The number of benzene rings is 1. The standard InChI is InChI=1S/C18H25FN2O3/c1-2-15(24-16-6-4-3-5-14(16)19)17(22)21-10-7-18(8-11-21)13-20-9-12-23-18/h3-6,15,20H,2,7-13H2,1H3. The molecule has 1 aromatic rings. The Labute approximate surface area is 142 Å². The van der Waals surface area contributed by atoms with Crippen LogP contribution in [-0.4, -0.2) is 55.3 Å². The predicted molar refractivity (Wildman–Crippen MR) is 88.5 cm³/mol. The van der Waals surface area contributed by atoms with Crippen molar-refractivity contribution in [3.8, 4) is 5.75 Å². The van der Waals surface area contributed by atoms with Gasteiger partial charge in [-0.1, -0.05) is 19.1 Å². The number of para-hydroxylation sites is 1. The fraction of sp³-hybridized carbons (Fsp3) is 0.611. The summed E-state index contributed by atoms with van der Waals surface area (Å²) in [5, 5.41) is 3.37. The highest BCUT2D eigenvalue weighted by atomic mass is 19.1. The molecule has 0 aliphatic carbocycles. The quantitative estimate of drug-likeness (QED) is 0.913. The summed E-state index contributed by atoms with van der Waals surface area (Å²) in [6.45, 7) is 5.64. The second-order valence-electron chi connectivity index (χ2n) is 6.48. The van der Waals surface area contributed by atoms with Crippen LogP contribution in [0.15, 0.2) is 24.3 Å². The lowest BCUT2D eigenvalue weighted by Gasteiger charge is -2.44. The molecular weight excluding hydrogens is 311 g/mol. The molecule has 2 fully saturated rings. The average Bonchev–Trinajstić information content (AvgIpc) is 2.62. The molecule has 6 heteroatoms. The number of nitrogens with one attached hydrogen (secondary N) is 1. The van der Waals surface area contributed by atoms with E-state index in [4.69, 9.17) is 9.47 Å². The van der Waals surface area contributed by atoms with Gasteiger partial charge in [0, 0.05) is 26.2 Å². The summed E-state index contributed by atoms with van der Waals surface area (Å²) in [4.78, 5) is 14.6. The van der Waals surface area contributed by atoms with Crippen LogP contribution < -0.4 is 10.1 Å². The van der Waals surface area contributed by atoms with Crippen molar-refractivity contribution in [2.24, 2.45) is 0 Å².